The summed E-state index contributed by atoms with van der Waals surface area (Å²) in [4.78, 5) is 11.9. The van der Waals surface area contributed by atoms with Crippen LogP contribution in [0.1, 0.15) is 38.7 Å². The minimum atomic E-state index is -3.41. The summed E-state index contributed by atoms with van der Waals surface area (Å²) in [5.74, 6) is -0.0599. The maximum absolute atomic E-state index is 12.2. The summed E-state index contributed by atoms with van der Waals surface area (Å²) in [6.45, 7) is 3.80. The molecular formula is C19H31N3O5S. The second-order valence-corrected chi connectivity index (χ2v) is 9.17. The van der Waals surface area contributed by atoms with Crippen LogP contribution in [0.15, 0.2) is 30.3 Å². The molecule has 4 N–H and O–H groups in total. The Labute approximate surface area is 167 Å². The number of aliphatic hydroxyl groups is 1. The number of aliphatic hydroxyl groups excluding tert-OH is 1. The fraction of sp³-hybridized carbons (Fsp3) is 0.632. The maximum atomic E-state index is 12.2. The number of carbonyl (C=O) groups is 1. The van der Waals surface area contributed by atoms with Gasteiger partial charge in [-0.1, -0.05) is 30.3 Å². The highest BCUT2D eigenvalue weighted by Gasteiger charge is 2.32. The van der Waals surface area contributed by atoms with Gasteiger partial charge in [-0.3, -0.25) is 0 Å². The van der Waals surface area contributed by atoms with Gasteiger partial charge in [-0.25, -0.2) is 17.9 Å². The number of sulfonamides is 1. The van der Waals surface area contributed by atoms with Gasteiger partial charge < -0.3 is 20.5 Å². The molecule has 0 spiro atoms. The molecule has 1 aliphatic rings. The Morgan fingerprint density at radius 2 is 1.96 bits per heavy atom. The number of hydrogen-bond acceptors (Lipinski definition) is 5. The number of ether oxygens (including phenoxy) is 1. The van der Waals surface area contributed by atoms with Gasteiger partial charge in [-0.2, -0.15) is 0 Å². The molecule has 0 aliphatic carbocycles. The first kappa shape index (κ1) is 22.6. The van der Waals surface area contributed by atoms with Crippen molar-refractivity contribution in [2.75, 3.05) is 13.2 Å². The van der Waals surface area contributed by atoms with Crippen LogP contribution in [0, 0.1) is 0 Å². The van der Waals surface area contributed by atoms with Gasteiger partial charge >= 0.3 is 6.03 Å². The number of amides is 2. The van der Waals surface area contributed by atoms with Crippen molar-refractivity contribution >= 4 is 16.1 Å². The maximum Gasteiger partial charge on any atom is 0.315 e. The van der Waals surface area contributed by atoms with Crippen molar-refractivity contribution in [1.29, 1.82) is 0 Å². The van der Waals surface area contributed by atoms with E-state index in [9.17, 15) is 18.3 Å². The number of nitrogens with one attached hydrogen (secondary N) is 3. The summed E-state index contributed by atoms with van der Waals surface area (Å²) in [7, 11) is -3.41. The van der Waals surface area contributed by atoms with Crippen molar-refractivity contribution < 1.29 is 23.1 Å². The normalized spacial score (nSPS) is 22.8. The number of benzene rings is 1. The van der Waals surface area contributed by atoms with Gasteiger partial charge in [0.15, 0.2) is 0 Å². The second kappa shape index (κ2) is 10.8. The third-order valence-electron chi connectivity index (χ3n) is 4.52. The predicted octanol–water partition coefficient (Wildman–Crippen LogP) is 1.11. The zero-order chi connectivity index (χ0) is 20.6. The molecule has 158 valence electrons. The molecule has 0 saturated carbocycles. The van der Waals surface area contributed by atoms with Crippen LogP contribution in [0.4, 0.5) is 4.79 Å². The SMILES string of the molecule is CC(C)NC(=O)N[C@H]1CC[C@@H](CCNS(=O)(=O)Cc2ccccc2)O[C@@H]1CO. The number of hydrogen-bond donors (Lipinski definition) is 4. The van der Waals surface area contributed by atoms with E-state index < -0.39 is 16.1 Å². The summed E-state index contributed by atoms with van der Waals surface area (Å²) < 4.78 is 32.8. The summed E-state index contributed by atoms with van der Waals surface area (Å²) in [6.07, 6.45) is 1.19. The Morgan fingerprint density at radius 1 is 1.25 bits per heavy atom. The van der Waals surface area contributed by atoms with Gasteiger partial charge in [-0.05, 0) is 38.7 Å². The monoisotopic (exact) mass is 413 g/mol. The number of urea groups is 1. The molecule has 28 heavy (non-hydrogen) atoms. The van der Waals surface area contributed by atoms with Crippen LogP contribution in [-0.2, 0) is 20.5 Å². The molecule has 0 aromatic heterocycles. The van der Waals surface area contributed by atoms with E-state index in [1.54, 1.807) is 12.1 Å². The van der Waals surface area contributed by atoms with Crippen LogP contribution in [0.2, 0.25) is 0 Å². The minimum Gasteiger partial charge on any atom is -0.394 e. The standard InChI is InChI=1S/C19H31N3O5S/c1-14(2)21-19(24)22-17-9-8-16(27-18(17)12-23)10-11-20-28(25,26)13-15-6-4-3-5-7-15/h3-7,14,16-18,20,23H,8-13H2,1-2H3,(H2,21,22,24)/t16-,17-,18+/m0/s1. The highest BCUT2D eigenvalue weighted by molar-refractivity contribution is 7.88. The van der Waals surface area contributed by atoms with E-state index >= 15 is 0 Å². The molecule has 1 saturated heterocycles. The third-order valence-corrected chi connectivity index (χ3v) is 5.88. The summed E-state index contributed by atoms with van der Waals surface area (Å²) in [6, 6.07) is 8.48. The van der Waals surface area contributed by atoms with Gasteiger partial charge in [0.25, 0.3) is 0 Å². The summed E-state index contributed by atoms with van der Waals surface area (Å²) in [5, 5.41) is 15.2. The average Bonchev–Trinajstić information content (AvgIpc) is 2.62. The zero-order valence-electron chi connectivity index (χ0n) is 16.4. The zero-order valence-corrected chi connectivity index (χ0v) is 17.2. The lowest BCUT2D eigenvalue weighted by Crippen LogP contribution is -2.54. The van der Waals surface area contributed by atoms with Crippen molar-refractivity contribution in [2.45, 2.75) is 63.2 Å². The van der Waals surface area contributed by atoms with E-state index in [0.29, 0.717) is 19.3 Å². The molecule has 2 amide bonds. The molecule has 1 aromatic carbocycles. The number of carbonyl (C=O) groups excluding carboxylic acids is 1. The van der Waals surface area contributed by atoms with Crippen LogP contribution < -0.4 is 15.4 Å². The lowest BCUT2D eigenvalue weighted by atomic mass is 9.97. The first-order valence-electron chi connectivity index (χ1n) is 9.63. The van der Waals surface area contributed by atoms with E-state index in [0.717, 1.165) is 5.56 Å². The smallest absolute Gasteiger partial charge is 0.315 e. The lowest BCUT2D eigenvalue weighted by molar-refractivity contribution is -0.0886. The van der Waals surface area contributed by atoms with E-state index in [1.807, 2.05) is 32.0 Å². The Hall–Kier alpha value is -1.68. The average molecular weight is 414 g/mol. The van der Waals surface area contributed by atoms with E-state index in [1.165, 1.54) is 0 Å². The minimum absolute atomic E-state index is 0.0220. The van der Waals surface area contributed by atoms with Gasteiger partial charge in [0.1, 0.15) is 6.10 Å². The molecule has 1 heterocycles. The second-order valence-electron chi connectivity index (χ2n) is 7.36. The summed E-state index contributed by atoms with van der Waals surface area (Å²) >= 11 is 0. The van der Waals surface area contributed by atoms with E-state index in [2.05, 4.69) is 15.4 Å². The lowest BCUT2D eigenvalue weighted by Gasteiger charge is -2.36. The van der Waals surface area contributed by atoms with Crippen molar-refractivity contribution in [2.24, 2.45) is 0 Å². The van der Waals surface area contributed by atoms with Crippen molar-refractivity contribution in [3.05, 3.63) is 35.9 Å². The van der Waals surface area contributed by atoms with Gasteiger partial charge in [-0.15, -0.1) is 0 Å². The van der Waals surface area contributed by atoms with Gasteiger partial charge in [0, 0.05) is 12.6 Å². The van der Waals surface area contributed by atoms with E-state index in [-0.39, 0.29) is 43.1 Å². The molecule has 0 bridgehead atoms. The fourth-order valence-electron chi connectivity index (χ4n) is 3.20. The molecule has 9 heteroatoms. The molecule has 0 unspecified atom stereocenters. The molecule has 8 nitrogen and oxygen atoms in total. The largest absolute Gasteiger partial charge is 0.394 e. The van der Waals surface area contributed by atoms with Crippen LogP contribution in [0.3, 0.4) is 0 Å². The Kier molecular flexibility index (Phi) is 8.68. The fourth-order valence-corrected chi connectivity index (χ4v) is 4.36. The molecule has 2 rings (SSSR count). The van der Waals surface area contributed by atoms with E-state index in [4.69, 9.17) is 4.74 Å². The van der Waals surface area contributed by atoms with Crippen LogP contribution in [-0.4, -0.2) is 57.0 Å². The molecular weight excluding hydrogens is 382 g/mol. The first-order valence-corrected chi connectivity index (χ1v) is 11.3. The molecule has 1 aliphatic heterocycles. The van der Waals surface area contributed by atoms with Crippen LogP contribution >= 0.6 is 0 Å². The van der Waals surface area contributed by atoms with Crippen LogP contribution in [0.25, 0.3) is 0 Å². The molecule has 0 radical (unpaired) electrons. The highest BCUT2D eigenvalue weighted by Crippen LogP contribution is 2.21. The summed E-state index contributed by atoms with van der Waals surface area (Å²) in [5.41, 5.74) is 0.734. The van der Waals surface area contributed by atoms with Crippen molar-refractivity contribution in [1.82, 2.24) is 15.4 Å². The van der Waals surface area contributed by atoms with Crippen molar-refractivity contribution in [3.8, 4) is 0 Å². The topological polar surface area (TPSA) is 117 Å². The Bertz CT molecular complexity index is 712. The third kappa shape index (κ3) is 7.75. The molecule has 1 aromatic rings. The highest BCUT2D eigenvalue weighted by atomic mass is 32.2. The molecule has 1 fully saturated rings. The number of rotatable bonds is 9. The first-order chi connectivity index (χ1) is 13.3. The molecule has 3 atom stereocenters. The van der Waals surface area contributed by atoms with Crippen LogP contribution in [0.5, 0.6) is 0 Å². The van der Waals surface area contributed by atoms with Crippen molar-refractivity contribution in [3.63, 3.8) is 0 Å². The van der Waals surface area contributed by atoms with Gasteiger partial charge in [0.2, 0.25) is 10.0 Å². The quantitative estimate of drug-likeness (QED) is 0.484. The Morgan fingerprint density at radius 3 is 2.61 bits per heavy atom. The Balaban J connectivity index is 1.76. The van der Waals surface area contributed by atoms with Gasteiger partial charge in [0.05, 0.1) is 24.5 Å². The predicted molar refractivity (Wildman–Crippen MR) is 107 cm³/mol.